The van der Waals surface area contributed by atoms with E-state index in [2.05, 4.69) is 46.8 Å². The van der Waals surface area contributed by atoms with Crippen molar-refractivity contribution >= 4 is 0 Å². The molecular formula is C11H22. The van der Waals surface area contributed by atoms with Gasteiger partial charge in [0.05, 0.1) is 0 Å². The first kappa shape index (κ1) is 10.7. The molecule has 66 valence electrons. The van der Waals surface area contributed by atoms with Crippen LogP contribution < -0.4 is 0 Å². The van der Waals surface area contributed by atoms with Crippen LogP contribution in [0.5, 0.6) is 0 Å². The first-order valence-corrected chi connectivity index (χ1v) is 4.62. The monoisotopic (exact) mass is 154 g/mol. The summed E-state index contributed by atoms with van der Waals surface area (Å²) >= 11 is 0. The van der Waals surface area contributed by atoms with Crippen LogP contribution in [0.2, 0.25) is 0 Å². The predicted octanol–water partition coefficient (Wildman–Crippen LogP) is 4.02. The van der Waals surface area contributed by atoms with Gasteiger partial charge in [-0.2, -0.15) is 0 Å². The number of allylic oxidation sites excluding steroid dienone is 2. The fourth-order valence-electron chi connectivity index (χ4n) is 1.40. The number of hydrogen-bond donors (Lipinski definition) is 0. The highest BCUT2D eigenvalue weighted by Gasteiger charge is 2.12. The second-order valence-electron chi connectivity index (χ2n) is 4.58. The largest absolute Gasteiger partial charge is 0.0885 e. The molecule has 0 aliphatic carbocycles. The van der Waals surface area contributed by atoms with Gasteiger partial charge in [-0.05, 0) is 24.2 Å². The molecule has 0 nitrogen and oxygen atoms in total. The van der Waals surface area contributed by atoms with Gasteiger partial charge in [0.1, 0.15) is 0 Å². The molecular weight excluding hydrogens is 132 g/mol. The zero-order chi connectivity index (χ0) is 8.91. The van der Waals surface area contributed by atoms with Crippen LogP contribution >= 0.6 is 0 Å². The molecule has 0 saturated carbocycles. The Labute approximate surface area is 71.7 Å². The molecule has 0 spiro atoms. The molecule has 0 fully saturated rings. The minimum atomic E-state index is 0.470. The van der Waals surface area contributed by atoms with Crippen LogP contribution in [0.4, 0.5) is 0 Å². The number of hydrogen-bond acceptors (Lipinski definition) is 0. The summed E-state index contributed by atoms with van der Waals surface area (Å²) in [4.78, 5) is 0. The lowest BCUT2D eigenvalue weighted by molar-refractivity contribution is 0.336. The lowest BCUT2D eigenvalue weighted by atomic mass is 9.85. The van der Waals surface area contributed by atoms with E-state index in [1.165, 1.54) is 6.42 Å². The summed E-state index contributed by atoms with van der Waals surface area (Å²) in [6, 6.07) is 0. The second kappa shape index (κ2) is 4.58. The van der Waals surface area contributed by atoms with E-state index in [1.807, 2.05) is 0 Å². The molecule has 0 saturated heterocycles. The summed E-state index contributed by atoms with van der Waals surface area (Å²) in [5, 5.41) is 0. The van der Waals surface area contributed by atoms with Gasteiger partial charge < -0.3 is 0 Å². The maximum Gasteiger partial charge on any atom is -0.0257 e. The Hall–Kier alpha value is -0.260. The van der Waals surface area contributed by atoms with Crippen LogP contribution in [0.1, 0.15) is 47.5 Å². The first-order valence-electron chi connectivity index (χ1n) is 4.62. The molecule has 0 bridgehead atoms. The Morgan fingerprint density at radius 3 is 2.18 bits per heavy atom. The molecule has 0 N–H and O–H groups in total. The topological polar surface area (TPSA) is 0 Å². The number of rotatable bonds is 3. The average Bonchev–Trinajstić information content (AvgIpc) is 1.79. The molecule has 0 radical (unpaired) electrons. The van der Waals surface area contributed by atoms with Crippen molar-refractivity contribution in [3.63, 3.8) is 0 Å². The molecule has 0 heteroatoms. The van der Waals surface area contributed by atoms with Gasteiger partial charge in [0.25, 0.3) is 0 Å². The van der Waals surface area contributed by atoms with Crippen molar-refractivity contribution in [1.29, 1.82) is 0 Å². The van der Waals surface area contributed by atoms with E-state index in [9.17, 15) is 0 Å². The van der Waals surface area contributed by atoms with Crippen molar-refractivity contribution in [2.75, 3.05) is 0 Å². The van der Waals surface area contributed by atoms with Gasteiger partial charge in [-0.3, -0.25) is 0 Å². The van der Waals surface area contributed by atoms with E-state index in [0.29, 0.717) is 5.41 Å². The van der Waals surface area contributed by atoms with E-state index in [-0.39, 0.29) is 0 Å². The molecule has 0 rings (SSSR count). The summed E-state index contributed by atoms with van der Waals surface area (Å²) in [6.07, 6.45) is 7.03. The molecule has 11 heavy (non-hydrogen) atoms. The van der Waals surface area contributed by atoms with E-state index in [4.69, 9.17) is 0 Å². The fraction of sp³-hybridized carbons (Fsp3) is 0.818. The van der Waals surface area contributed by atoms with E-state index >= 15 is 0 Å². The fourth-order valence-corrected chi connectivity index (χ4v) is 1.40. The van der Waals surface area contributed by atoms with Crippen LogP contribution in [0.15, 0.2) is 12.2 Å². The molecule has 0 aromatic rings. The third-order valence-electron chi connectivity index (χ3n) is 1.63. The average molecular weight is 154 g/mol. The van der Waals surface area contributed by atoms with Crippen LogP contribution in [-0.4, -0.2) is 0 Å². The highest BCUT2D eigenvalue weighted by atomic mass is 14.2. The van der Waals surface area contributed by atoms with Crippen molar-refractivity contribution in [1.82, 2.24) is 0 Å². The van der Waals surface area contributed by atoms with Crippen molar-refractivity contribution in [3.05, 3.63) is 12.2 Å². The maximum atomic E-state index is 2.32. The molecule has 0 aromatic carbocycles. The Bertz CT molecular complexity index is 114. The van der Waals surface area contributed by atoms with E-state index in [1.54, 1.807) is 0 Å². The van der Waals surface area contributed by atoms with Gasteiger partial charge in [-0.1, -0.05) is 46.8 Å². The van der Waals surface area contributed by atoms with Gasteiger partial charge >= 0.3 is 0 Å². The summed E-state index contributed by atoms with van der Waals surface area (Å²) in [5.74, 6) is 0.731. The summed E-state index contributed by atoms with van der Waals surface area (Å²) in [5.41, 5.74) is 0.470. The standard InChI is InChI=1S/C11H22/c1-6-7-8-10(2)9-11(3,4)5/h7-8,10H,6,9H2,1-5H3. The molecule has 0 aliphatic heterocycles. The molecule has 1 unspecified atom stereocenters. The van der Waals surface area contributed by atoms with Crippen LogP contribution in [-0.2, 0) is 0 Å². The lowest BCUT2D eigenvalue weighted by Crippen LogP contribution is -2.09. The third-order valence-corrected chi connectivity index (χ3v) is 1.63. The van der Waals surface area contributed by atoms with Crippen molar-refractivity contribution in [3.8, 4) is 0 Å². The van der Waals surface area contributed by atoms with Crippen molar-refractivity contribution in [2.45, 2.75) is 47.5 Å². The van der Waals surface area contributed by atoms with Crippen LogP contribution in [0, 0.1) is 11.3 Å². The maximum absolute atomic E-state index is 2.32. The Morgan fingerprint density at radius 2 is 1.82 bits per heavy atom. The van der Waals surface area contributed by atoms with E-state index < -0.39 is 0 Å². The summed E-state index contributed by atoms with van der Waals surface area (Å²) in [6.45, 7) is 11.4. The zero-order valence-corrected chi connectivity index (χ0v) is 8.65. The molecule has 1 atom stereocenters. The lowest BCUT2D eigenvalue weighted by Gasteiger charge is -2.20. The van der Waals surface area contributed by atoms with Crippen molar-refractivity contribution < 1.29 is 0 Å². The normalized spacial score (nSPS) is 15.7. The highest BCUT2D eigenvalue weighted by Crippen LogP contribution is 2.24. The van der Waals surface area contributed by atoms with Crippen molar-refractivity contribution in [2.24, 2.45) is 11.3 Å². The predicted molar refractivity (Wildman–Crippen MR) is 52.7 cm³/mol. The van der Waals surface area contributed by atoms with Crippen LogP contribution in [0.25, 0.3) is 0 Å². The van der Waals surface area contributed by atoms with Gasteiger partial charge in [0.15, 0.2) is 0 Å². The molecule has 0 aliphatic rings. The minimum absolute atomic E-state index is 0.470. The summed E-state index contributed by atoms with van der Waals surface area (Å²) in [7, 11) is 0. The minimum Gasteiger partial charge on any atom is -0.0885 e. The van der Waals surface area contributed by atoms with Gasteiger partial charge in [-0.25, -0.2) is 0 Å². The quantitative estimate of drug-likeness (QED) is 0.538. The Kier molecular flexibility index (Phi) is 4.48. The van der Waals surface area contributed by atoms with Gasteiger partial charge in [0, 0.05) is 0 Å². The Balaban J connectivity index is 3.69. The Morgan fingerprint density at radius 1 is 1.27 bits per heavy atom. The smallest absolute Gasteiger partial charge is 0.0257 e. The van der Waals surface area contributed by atoms with Gasteiger partial charge in [0.2, 0.25) is 0 Å². The SMILES string of the molecule is CCC=CC(C)CC(C)(C)C. The highest BCUT2D eigenvalue weighted by molar-refractivity contribution is 4.87. The molecule has 0 heterocycles. The van der Waals surface area contributed by atoms with E-state index in [0.717, 1.165) is 12.3 Å². The van der Waals surface area contributed by atoms with Crippen LogP contribution in [0.3, 0.4) is 0 Å². The second-order valence-corrected chi connectivity index (χ2v) is 4.58. The summed E-state index contributed by atoms with van der Waals surface area (Å²) < 4.78 is 0. The zero-order valence-electron chi connectivity index (χ0n) is 8.65. The third kappa shape index (κ3) is 7.64. The van der Waals surface area contributed by atoms with Gasteiger partial charge in [-0.15, -0.1) is 0 Å². The first-order chi connectivity index (χ1) is 4.95. The molecule has 0 aromatic heterocycles. The molecule has 0 amide bonds.